The Morgan fingerprint density at radius 2 is 2.13 bits per heavy atom. The van der Waals surface area contributed by atoms with E-state index < -0.39 is 5.97 Å². The van der Waals surface area contributed by atoms with Gasteiger partial charge in [-0.15, -0.1) is 5.10 Å². The quantitative estimate of drug-likeness (QED) is 0.696. The monoisotopic (exact) mass is 314 g/mol. The molecule has 0 unspecified atom stereocenters. The van der Waals surface area contributed by atoms with Crippen molar-refractivity contribution in [2.75, 3.05) is 12.3 Å². The Bertz CT molecular complexity index is 811. The van der Waals surface area contributed by atoms with Crippen molar-refractivity contribution in [2.24, 2.45) is 0 Å². The molecule has 0 spiro atoms. The Balaban J connectivity index is 1.84. The molecule has 9 heteroatoms. The molecule has 0 fully saturated rings. The van der Waals surface area contributed by atoms with Gasteiger partial charge in [0.15, 0.2) is 11.5 Å². The summed E-state index contributed by atoms with van der Waals surface area (Å²) in [6, 6.07) is 9.35. The van der Waals surface area contributed by atoms with Gasteiger partial charge in [0.05, 0.1) is 6.61 Å². The first-order valence-electron chi connectivity index (χ1n) is 6.93. The van der Waals surface area contributed by atoms with Gasteiger partial charge in [0, 0.05) is 5.56 Å². The number of anilines is 1. The summed E-state index contributed by atoms with van der Waals surface area (Å²) in [6.45, 7) is 1.87. The highest BCUT2D eigenvalue weighted by molar-refractivity contribution is 5.71. The minimum atomic E-state index is -0.453. The van der Waals surface area contributed by atoms with Crippen molar-refractivity contribution in [1.29, 1.82) is 0 Å². The van der Waals surface area contributed by atoms with Gasteiger partial charge in [0.25, 0.3) is 5.89 Å². The second kappa shape index (κ2) is 6.26. The van der Waals surface area contributed by atoms with Crippen LogP contribution in [0.4, 0.5) is 5.82 Å². The second-order valence-electron chi connectivity index (χ2n) is 4.58. The van der Waals surface area contributed by atoms with Crippen molar-refractivity contribution in [3.05, 3.63) is 30.3 Å². The van der Waals surface area contributed by atoms with Crippen LogP contribution in [0.15, 0.2) is 34.9 Å². The fourth-order valence-electron chi connectivity index (χ4n) is 1.94. The lowest BCUT2D eigenvalue weighted by atomic mass is 10.2. The number of aromatic nitrogens is 5. The summed E-state index contributed by atoms with van der Waals surface area (Å²) >= 11 is 0. The van der Waals surface area contributed by atoms with Crippen molar-refractivity contribution in [3.63, 3.8) is 0 Å². The van der Waals surface area contributed by atoms with E-state index in [4.69, 9.17) is 15.0 Å². The molecule has 0 atom stereocenters. The van der Waals surface area contributed by atoms with Gasteiger partial charge in [-0.05, 0) is 6.92 Å². The number of nitrogen functional groups attached to an aromatic ring is 1. The minimum Gasteiger partial charge on any atom is -0.465 e. The smallest absolute Gasteiger partial charge is 0.327 e. The molecule has 0 aliphatic carbocycles. The standard InChI is InChI=1S/C14H14N6O3/c1-2-22-10(21)8-20-12(15)11(17-19-20)14-16-13(18-23-14)9-6-4-3-5-7-9/h3-7H,2,8,15H2,1H3. The first-order valence-corrected chi connectivity index (χ1v) is 6.93. The highest BCUT2D eigenvalue weighted by atomic mass is 16.5. The zero-order valence-electron chi connectivity index (χ0n) is 12.3. The molecule has 2 aromatic heterocycles. The lowest BCUT2D eigenvalue weighted by molar-refractivity contribution is -0.144. The van der Waals surface area contributed by atoms with Gasteiger partial charge in [-0.1, -0.05) is 40.7 Å². The third-order valence-electron chi connectivity index (χ3n) is 3.02. The van der Waals surface area contributed by atoms with E-state index in [1.165, 1.54) is 4.68 Å². The highest BCUT2D eigenvalue weighted by Gasteiger charge is 2.20. The number of esters is 1. The predicted molar refractivity (Wildman–Crippen MR) is 79.8 cm³/mol. The van der Waals surface area contributed by atoms with Crippen molar-refractivity contribution >= 4 is 11.8 Å². The molecule has 2 N–H and O–H groups in total. The van der Waals surface area contributed by atoms with Crippen LogP contribution < -0.4 is 5.73 Å². The molecule has 3 rings (SSSR count). The van der Waals surface area contributed by atoms with E-state index >= 15 is 0 Å². The van der Waals surface area contributed by atoms with Crippen LogP contribution in [-0.2, 0) is 16.1 Å². The molecule has 118 valence electrons. The Morgan fingerprint density at radius 1 is 1.35 bits per heavy atom. The maximum absolute atomic E-state index is 11.5. The largest absolute Gasteiger partial charge is 0.465 e. The summed E-state index contributed by atoms with van der Waals surface area (Å²) in [5.74, 6) is 0.254. The Kier molecular flexibility index (Phi) is 4.00. The van der Waals surface area contributed by atoms with Gasteiger partial charge < -0.3 is 15.0 Å². The molecule has 9 nitrogen and oxygen atoms in total. The van der Waals surface area contributed by atoms with Crippen molar-refractivity contribution in [3.8, 4) is 23.0 Å². The SMILES string of the molecule is CCOC(=O)Cn1nnc(-c2nc(-c3ccccc3)no2)c1N. The highest BCUT2D eigenvalue weighted by Crippen LogP contribution is 2.24. The van der Waals surface area contributed by atoms with Gasteiger partial charge in [-0.2, -0.15) is 4.98 Å². The fraction of sp³-hybridized carbons (Fsp3) is 0.214. The van der Waals surface area contributed by atoms with E-state index in [1.54, 1.807) is 6.92 Å². The molecular formula is C14H14N6O3. The second-order valence-corrected chi connectivity index (χ2v) is 4.58. The molecule has 0 bridgehead atoms. The lowest BCUT2D eigenvalue weighted by Gasteiger charge is -2.02. The van der Waals surface area contributed by atoms with Crippen LogP contribution in [-0.4, -0.2) is 37.7 Å². The molecule has 23 heavy (non-hydrogen) atoms. The number of ether oxygens (including phenoxy) is 1. The molecule has 0 saturated heterocycles. The first kappa shape index (κ1) is 14.7. The predicted octanol–water partition coefficient (Wildman–Crippen LogP) is 1.14. The van der Waals surface area contributed by atoms with E-state index in [-0.39, 0.29) is 30.6 Å². The average molecular weight is 314 g/mol. The van der Waals surface area contributed by atoms with E-state index in [9.17, 15) is 4.79 Å². The van der Waals surface area contributed by atoms with Crippen molar-refractivity contribution in [1.82, 2.24) is 25.1 Å². The average Bonchev–Trinajstić information content (AvgIpc) is 3.16. The van der Waals surface area contributed by atoms with Crippen LogP contribution in [0, 0.1) is 0 Å². The molecule has 0 aliphatic rings. The molecule has 1 aromatic carbocycles. The number of nitrogens with zero attached hydrogens (tertiary/aromatic N) is 5. The fourth-order valence-corrected chi connectivity index (χ4v) is 1.94. The Morgan fingerprint density at radius 3 is 2.87 bits per heavy atom. The minimum absolute atomic E-state index is 0.133. The summed E-state index contributed by atoms with van der Waals surface area (Å²) in [6.07, 6.45) is 0. The van der Waals surface area contributed by atoms with Gasteiger partial charge in [0.1, 0.15) is 6.54 Å². The third kappa shape index (κ3) is 3.03. The maximum atomic E-state index is 11.5. The van der Waals surface area contributed by atoms with Gasteiger partial charge in [0.2, 0.25) is 5.82 Å². The lowest BCUT2D eigenvalue weighted by Crippen LogP contribution is -2.16. The molecule has 0 aliphatic heterocycles. The van der Waals surface area contributed by atoms with E-state index in [1.807, 2.05) is 30.3 Å². The zero-order chi connectivity index (χ0) is 16.2. The summed E-state index contributed by atoms with van der Waals surface area (Å²) in [7, 11) is 0. The third-order valence-corrected chi connectivity index (χ3v) is 3.02. The molecule has 0 amide bonds. The topological polar surface area (TPSA) is 122 Å². The summed E-state index contributed by atoms with van der Waals surface area (Å²) in [5.41, 5.74) is 6.96. The van der Waals surface area contributed by atoms with Crippen LogP contribution in [0.2, 0.25) is 0 Å². The number of rotatable bonds is 5. The number of hydrogen-bond acceptors (Lipinski definition) is 8. The van der Waals surface area contributed by atoms with Gasteiger partial charge in [-0.3, -0.25) is 4.79 Å². The Labute approximate surface area is 131 Å². The van der Waals surface area contributed by atoms with Crippen molar-refractivity contribution < 1.29 is 14.1 Å². The molecule has 0 saturated carbocycles. The summed E-state index contributed by atoms with van der Waals surface area (Å²) < 4.78 is 11.2. The normalized spacial score (nSPS) is 10.7. The molecule has 3 aromatic rings. The first-order chi connectivity index (χ1) is 11.2. The van der Waals surface area contributed by atoms with Crippen molar-refractivity contribution in [2.45, 2.75) is 13.5 Å². The number of hydrogen-bond donors (Lipinski definition) is 1. The van der Waals surface area contributed by atoms with Gasteiger partial charge >= 0.3 is 5.97 Å². The van der Waals surface area contributed by atoms with Crippen LogP contribution in [0.1, 0.15) is 6.92 Å². The maximum Gasteiger partial charge on any atom is 0.327 e. The number of carbonyl (C=O) groups excluding carboxylic acids is 1. The molecule has 0 radical (unpaired) electrons. The van der Waals surface area contributed by atoms with Crippen LogP contribution in [0.5, 0.6) is 0 Å². The van der Waals surface area contributed by atoms with Crippen LogP contribution in [0.25, 0.3) is 23.0 Å². The molecule has 2 heterocycles. The van der Waals surface area contributed by atoms with Gasteiger partial charge in [-0.25, -0.2) is 4.68 Å². The van der Waals surface area contributed by atoms with E-state index in [0.29, 0.717) is 5.82 Å². The number of nitrogens with two attached hydrogens (primary N) is 1. The number of benzene rings is 1. The summed E-state index contributed by atoms with van der Waals surface area (Å²) in [5, 5.41) is 11.6. The number of carbonyl (C=O) groups is 1. The summed E-state index contributed by atoms with van der Waals surface area (Å²) in [4.78, 5) is 15.7. The zero-order valence-corrected chi connectivity index (χ0v) is 12.3. The van der Waals surface area contributed by atoms with Crippen LogP contribution >= 0.6 is 0 Å². The molecular weight excluding hydrogens is 300 g/mol. The van der Waals surface area contributed by atoms with E-state index in [0.717, 1.165) is 5.56 Å². The van der Waals surface area contributed by atoms with Crippen LogP contribution in [0.3, 0.4) is 0 Å². The Hall–Kier alpha value is -3.23. The van der Waals surface area contributed by atoms with E-state index in [2.05, 4.69) is 20.5 Å².